The molecular formula is C20H30O2S. The molecule has 0 heterocycles. The van der Waals surface area contributed by atoms with E-state index < -0.39 is 9.84 Å². The van der Waals surface area contributed by atoms with Gasteiger partial charge in [0.05, 0.1) is 9.81 Å². The summed E-state index contributed by atoms with van der Waals surface area (Å²) >= 11 is 0. The van der Waals surface area contributed by atoms with Gasteiger partial charge in [-0.3, -0.25) is 0 Å². The first-order valence-electron chi connectivity index (χ1n) is 8.79. The van der Waals surface area contributed by atoms with Gasteiger partial charge in [0.25, 0.3) is 0 Å². The predicted molar refractivity (Wildman–Crippen MR) is 98.6 cm³/mol. The lowest BCUT2D eigenvalue weighted by Gasteiger charge is -2.29. The molecular weight excluding hydrogens is 304 g/mol. The van der Waals surface area contributed by atoms with Crippen LogP contribution in [-0.2, 0) is 9.84 Å². The van der Waals surface area contributed by atoms with Crippen LogP contribution in [0.15, 0.2) is 46.3 Å². The van der Waals surface area contributed by atoms with Crippen molar-refractivity contribution in [2.75, 3.05) is 0 Å². The minimum Gasteiger partial charge on any atom is -0.219 e. The number of allylic oxidation sites excluding steroid dienone is 6. The first-order chi connectivity index (χ1) is 10.7. The van der Waals surface area contributed by atoms with Crippen molar-refractivity contribution in [3.8, 4) is 0 Å². The molecule has 2 aliphatic carbocycles. The molecule has 23 heavy (non-hydrogen) atoms. The summed E-state index contributed by atoms with van der Waals surface area (Å²) in [5, 5.41) is 0. The lowest BCUT2D eigenvalue weighted by molar-refractivity contribution is 0.387. The zero-order valence-electron chi connectivity index (χ0n) is 14.9. The van der Waals surface area contributed by atoms with Crippen molar-refractivity contribution >= 4 is 9.84 Å². The molecule has 2 aliphatic rings. The van der Waals surface area contributed by atoms with E-state index in [2.05, 4.69) is 39.8 Å². The Kier molecular flexibility index (Phi) is 5.40. The maximum Gasteiger partial charge on any atom is 0.205 e. The van der Waals surface area contributed by atoms with E-state index in [1.807, 2.05) is 24.3 Å². The minimum atomic E-state index is -3.37. The second-order valence-corrected chi connectivity index (χ2v) is 9.55. The molecule has 128 valence electrons. The van der Waals surface area contributed by atoms with Crippen LogP contribution in [0.4, 0.5) is 0 Å². The third-order valence-electron chi connectivity index (χ3n) is 5.10. The Morgan fingerprint density at radius 2 is 1.26 bits per heavy atom. The maximum absolute atomic E-state index is 12.8. The summed E-state index contributed by atoms with van der Waals surface area (Å²) in [6.45, 7) is 8.73. The number of hydrogen-bond acceptors (Lipinski definition) is 2. The number of rotatable bonds is 6. The molecule has 0 fully saturated rings. The van der Waals surface area contributed by atoms with Crippen molar-refractivity contribution in [1.82, 2.24) is 0 Å². The fraction of sp³-hybridized carbons (Fsp3) is 0.600. The Morgan fingerprint density at radius 1 is 0.870 bits per heavy atom. The lowest BCUT2D eigenvalue weighted by Crippen LogP contribution is -2.19. The Hall–Kier alpha value is -1.09. The van der Waals surface area contributed by atoms with Gasteiger partial charge in [-0.15, -0.1) is 0 Å². The highest BCUT2D eigenvalue weighted by atomic mass is 32.2. The van der Waals surface area contributed by atoms with Gasteiger partial charge in [0.2, 0.25) is 9.84 Å². The first kappa shape index (κ1) is 18.3. The lowest BCUT2D eigenvalue weighted by atomic mass is 9.80. The van der Waals surface area contributed by atoms with Gasteiger partial charge in [0.1, 0.15) is 0 Å². The van der Waals surface area contributed by atoms with Crippen molar-refractivity contribution in [1.29, 1.82) is 0 Å². The average molecular weight is 335 g/mol. The highest BCUT2D eigenvalue weighted by Crippen LogP contribution is 2.39. The summed E-state index contributed by atoms with van der Waals surface area (Å²) in [7, 11) is -3.37. The van der Waals surface area contributed by atoms with Gasteiger partial charge in [0, 0.05) is 0 Å². The van der Waals surface area contributed by atoms with Gasteiger partial charge in [-0.25, -0.2) is 8.42 Å². The van der Waals surface area contributed by atoms with Gasteiger partial charge in [0.15, 0.2) is 0 Å². The highest BCUT2D eigenvalue weighted by molar-refractivity contribution is 7.99. The largest absolute Gasteiger partial charge is 0.219 e. The fourth-order valence-electron chi connectivity index (χ4n) is 3.55. The van der Waals surface area contributed by atoms with Crippen molar-refractivity contribution in [3.63, 3.8) is 0 Å². The van der Waals surface area contributed by atoms with Crippen LogP contribution in [0, 0.1) is 10.8 Å². The third kappa shape index (κ3) is 4.06. The van der Waals surface area contributed by atoms with Crippen LogP contribution < -0.4 is 0 Å². The van der Waals surface area contributed by atoms with E-state index >= 15 is 0 Å². The fourth-order valence-corrected chi connectivity index (χ4v) is 4.93. The van der Waals surface area contributed by atoms with Crippen molar-refractivity contribution in [3.05, 3.63) is 46.3 Å². The second-order valence-electron chi connectivity index (χ2n) is 7.60. The first-order valence-corrected chi connectivity index (χ1v) is 10.3. The summed E-state index contributed by atoms with van der Waals surface area (Å²) < 4.78 is 25.7. The monoisotopic (exact) mass is 334 g/mol. The van der Waals surface area contributed by atoms with E-state index in [1.165, 1.54) is 0 Å². The van der Waals surface area contributed by atoms with Gasteiger partial charge in [-0.2, -0.15) is 0 Å². The van der Waals surface area contributed by atoms with Crippen molar-refractivity contribution in [2.45, 2.75) is 66.2 Å². The third-order valence-corrected chi connectivity index (χ3v) is 6.95. The summed E-state index contributed by atoms with van der Waals surface area (Å²) in [4.78, 5) is 0.919. The molecule has 0 amide bonds. The van der Waals surface area contributed by atoms with Crippen LogP contribution in [0.3, 0.4) is 0 Å². The van der Waals surface area contributed by atoms with Crippen molar-refractivity contribution in [2.24, 2.45) is 10.8 Å². The van der Waals surface area contributed by atoms with Crippen LogP contribution in [0.2, 0.25) is 0 Å². The molecule has 2 unspecified atom stereocenters. The van der Waals surface area contributed by atoms with E-state index in [0.29, 0.717) is 9.81 Å². The molecule has 0 aromatic heterocycles. The molecule has 3 heteroatoms. The van der Waals surface area contributed by atoms with Gasteiger partial charge in [-0.05, 0) is 48.7 Å². The molecule has 0 aromatic rings. The van der Waals surface area contributed by atoms with E-state index in [4.69, 9.17) is 0 Å². The predicted octanol–water partition coefficient (Wildman–Crippen LogP) is 5.70. The normalized spacial score (nSPS) is 31.0. The molecule has 0 radical (unpaired) electrons. The zero-order valence-corrected chi connectivity index (χ0v) is 15.7. The molecule has 0 saturated carbocycles. The van der Waals surface area contributed by atoms with E-state index in [1.54, 1.807) is 0 Å². The molecule has 0 N–H and O–H groups in total. The Balaban J connectivity index is 2.16. The van der Waals surface area contributed by atoms with E-state index in [0.717, 1.165) is 38.5 Å². The summed E-state index contributed by atoms with van der Waals surface area (Å²) in [5.74, 6) is 0. The smallest absolute Gasteiger partial charge is 0.205 e. The van der Waals surface area contributed by atoms with E-state index in [-0.39, 0.29) is 10.8 Å². The summed E-state index contributed by atoms with van der Waals surface area (Å²) in [6, 6.07) is 0. The van der Waals surface area contributed by atoms with Crippen LogP contribution in [0.1, 0.15) is 66.2 Å². The molecule has 2 atom stereocenters. The summed E-state index contributed by atoms with van der Waals surface area (Å²) in [6.07, 6.45) is 17.6. The highest BCUT2D eigenvalue weighted by Gasteiger charge is 2.30. The molecule has 0 saturated heterocycles. The van der Waals surface area contributed by atoms with Gasteiger partial charge >= 0.3 is 0 Å². The second kappa shape index (κ2) is 6.80. The topological polar surface area (TPSA) is 34.1 Å². The average Bonchev–Trinajstić information content (AvgIpc) is 2.48. The Labute approximate surface area is 142 Å². The van der Waals surface area contributed by atoms with Gasteiger partial charge < -0.3 is 0 Å². The molecule has 0 aromatic carbocycles. The minimum absolute atomic E-state index is 0.101. The maximum atomic E-state index is 12.8. The van der Waals surface area contributed by atoms with Crippen molar-refractivity contribution < 1.29 is 8.42 Å². The van der Waals surface area contributed by atoms with Gasteiger partial charge in [-0.1, -0.05) is 64.8 Å². The molecule has 0 bridgehead atoms. The SMILES string of the molecule is CCCC1(C)C=CC(S(=O)(=O)C2=CCC(C)(CCC)C=C2)=CC1. The quantitative estimate of drug-likeness (QED) is 0.624. The molecule has 2 nitrogen and oxygen atoms in total. The number of hydrogen-bond donors (Lipinski definition) is 0. The molecule has 0 aliphatic heterocycles. The van der Waals surface area contributed by atoms with Crippen LogP contribution >= 0.6 is 0 Å². The van der Waals surface area contributed by atoms with E-state index in [9.17, 15) is 8.42 Å². The van der Waals surface area contributed by atoms with Crippen LogP contribution in [0.25, 0.3) is 0 Å². The Bertz CT molecular complexity index is 612. The van der Waals surface area contributed by atoms with Crippen LogP contribution in [0.5, 0.6) is 0 Å². The summed E-state index contributed by atoms with van der Waals surface area (Å²) in [5.41, 5.74) is 0.203. The standard InChI is InChI=1S/C20H30O2S/c1-5-11-19(3)13-7-17(8-14-19)23(21,22)18-9-15-20(4,12-6-2)16-10-18/h7-10,13,15H,5-6,11-12,14,16H2,1-4H3. The number of sulfone groups is 1. The Morgan fingerprint density at radius 3 is 1.52 bits per heavy atom. The zero-order chi connectivity index (χ0) is 17.1. The molecule has 0 spiro atoms. The van der Waals surface area contributed by atoms with Crippen LogP contribution in [-0.4, -0.2) is 8.42 Å². The molecule has 2 rings (SSSR count).